The first-order valence-corrected chi connectivity index (χ1v) is 15.4. The van der Waals surface area contributed by atoms with Crippen molar-refractivity contribution in [2.24, 2.45) is 0 Å². The number of aromatic nitrogens is 6. The van der Waals surface area contributed by atoms with E-state index in [0.717, 1.165) is 68.6 Å². The summed E-state index contributed by atoms with van der Waals surface area (Å²) >= 11 is 0. The third-order valence-electron chi connectivity index (χ3n) is 8.83. The summed E-state index contributed by atoms with van der Waals surface area (Å²) < 4.78 is 4.46. The maximum absolute atomic E-state index is 5.15. The Morgan fingerprint density at radius 1 is 0.587 bits per heavy atom. The maximum Gasteiger partial charge on any atom is 0.138 e. The molecule has 0 bridgehead atoms. The minimum atomic E-state index is 0.790. The molecule has 0 aliphatic carbocycles. The van der Waals surface area contributed by atoms with E-state index in [4.69, 9.17) is 15.0 Å². The Morgan fingerprint density at radius 2 is 1.17 bits per heavy atom. The summed E-state index contributed by atoms with van der Waals surface area (Å²) in [5.74, 6) is 1.70. The highest BCUT2D eigenvalue weighted by atomic mass is 15.1. The van der Waals surface area contributed by atoms with E-state index in [1.807, 2.05) is 61.1 Å². The average Bonchev–Trinajstić information content (AvgIpc) is 3.60. The van der Waals surface area contributed by atoms with Gasteiger partial charge in [0.15, 0.2) is 0 Å². The summed E-state index contributed by atoms with van der Waals surface area (Å²) in [5, 5.41) is 6.90. The molecule has 0 atom stereocenters. The lowest BCUT2D eigenvalue weighted by molar-refractivity contribution is 0.852. The number of nitrogens with zero attached hydrogens (tertiary/aromatic N) is 6. The van der Waals surface area contributed by atoms with E-state index in [2.05, 4.69) is 94.0 Å². The second-order valence-corrected chi connectivity index (χ2v) is 11.9. The van der Waals surface area contributed by atoms with Crippen LogP contribution in [-0.4, -0.2) is 29.1 Å². The van der Waals surface area contributed by atoms with Gasteiger partial charge in [0.05, 0.1) is 45.0 Å². The van der Waals surface area contributed by atoms with E-state index < -0.39 is 0 Å². The molecule has 0 fully saturated rings. The molecule has 2 aromatic carbocycles. The monoisotopic (exact) mass is 595 g/mol. The lowest BCUT2D eigenvalue weighted by Gasteiger charge is -2.13. The van der Waals surface area contributed by atoms with Crippen LogP contribution in [0.25, 0.3) is 73.2 Å². The van der Waals surface area contributed by atoms with Gasteiger partial charge in [0.1, 0.15) is 11.6 Å². The molecule has 0 amide bonds. The van der Waals surface area contributed by atoms with E-state index in [9.17, 15) is 0 Å². The smallest absolute Gasteiger partial charge is 0.138 e. The first-order valence-electron chi connectivity index (χ1n) is 15.4. The number of nitrogens with one attached hydrogen (secondary N) is 1. The fraction of sp³-hybridized carbons (Fsp3) is 0.0769. The highest BCUT2D eigenvalue weighted by Gasteiger charge is 2.20. The van der Waals surface area contributed by atoms with Gasteiger partial charge in [-0.1, -0.05) is 41.5 Å². The molecule has 46 heavy (non-hydrogen) atoms. The molecule has 0 saturated heterocycles. The number of hydrogen-bond donors (Lipinski definition) is 1. The quantitative estimate of drug-likeness (QED) is 0.221. The van der Waals surface area contributed by atoms with Gasteiger partial charge in [-0.2, -0.15) is 0 Å². The molecular weight excluding hydrogens is 566 g/mol. The van der Waals surface area contributed by atoms with E-state index in [1.54, 1.807) is 0 Å². The van der Waals surface area contributed by atoms with Crippen LogP contribution in [0.2, 0.25) is 0 Å². The largest absolute Gasteiger partial charge is 0.387 e. The van der Waals surface area contributed by atoms with Crippen LogP contribution in [0.5, 0.6) is 0 Å². The van der Waals surface area contributed by atoms with Crippen LogP contribution in [0.15, 0.2) is 116 Å². The second-order valence-electron chi connectivity index (χ2n) is 11.9. The Kier molecular flexibility index (Phi) is 5.86. The van der Waals surface area contributed by atoms with Crippen LogP contribution >= 0.6 is 0 Å². The van der Waals surface area contributed by atoms with Gasteiger partial charge in [-0.3, -0.25) is 14.1 Å². The average molecular weight is 596 g/mol. The molecular formula is C39H29N7. The predicted octanol–water partition coefficient (Wildman–Crippen LogP) is 8.33. The molecule has 0 spiro atoms. The van der Waals surface area contributed by atoms with Crippen molar-refractivity contribution in [1.82, 2.24) is 34.4 Å². The van der Waals surface area contributed by atoms with E-state index in [0.29, 0.717) is 0 Å². The standard InChI is InChI=1S/C39H29N7/c1-24-12-14-34-26(20-24)28-22-40-18-16-36(28)45(34)38-10-4-8-32(43-38)30-6-3-7-31(42-30)33-9-5-11-39(44-33)46-35-15-13-25(2)21-27(35)29-23-41-19-17-37(29)46/h3-22,41H,23H2,1-2H3. The molecule has 1 aliphatic rings. The van der Waals surface area contributed by atoms with Crippen LogP contribution in [0.1, 0.15) is 22.4 Å². The zero-order chi connectivity index (χ0) is 30.8. The molecule has 7 nitrogen and oxygen atoms in total. The minimum absolute atomic E-state index is 0.790. The summed E-state index contributed by atoms with van der Waals surface area (Å²) in [4.78, 5) is 19.8. The number of rotatable bonds is 4. The van der Waals surface area contributed by atoms with E-state index in [1.165, 1.54) is 27.5 Å². The van der Waals surface area contributed by atoms with Crippen LogP contribution in [0, 0.1) is 13.8 Å². The SMILES string of the molecule is Cc1ccc2c(c1)c1c(n2-c2cccc(-c3cccc(-c4cccc(-n5c6ccncc6c6cc(C)ccc65)n4)n3)n2)C=CNC1. The van der Waals surface area contributed by atoms with Gasteiger partial charge in [-0.05, 0) is 92.9 Å². The summed E-state index contributed by atoms with van der Waals surface area (Å²) in [6.45, 7) is 5.04. The number of pyridine rings is 4. The maximum atomic E-state index is 5.15. The van der Waals surface area contributed by atoms with Gasteiger partial charge in [0.25, 0.3) is 0 Å². The Bertz CT molecular complexity index is 2520. The first-order chi connectivity index (χ1) is 22.6. The van der Waals surface area contributed by atoms with Crippen LogP contribution in [0.4, 0.5) is 0 Å². The van der Waals surface area contributed by atoms with Crippen molar-refractivity contribution < 1.29 is 0 Å². The molecule has 8 aromatic rings. The Hall–Kier alpha value is -6.08. The van der Waals surface area contributed by atoms with Crippen molar-refractivity contribution >= 4 is 38.8 Å². The lowest BCUT2D eigenvalue weighted by atomic mass is 10.1. The fourth-order valence-electron chi connectivity index (χ4n) is 6.72. The van der Waals surface area contributed by atoms with Crippen molar-refractivity contribution in [2.45, 2.75) is 20.4 Å². The number of aryl methyl sites for hydroxylation is 2. The van der Waals surface area contributed by atoms with Crippen LogP contribution < -0.4 is 5.32 Å². The molecule has 0 saturated carbocycles. The van der Waals surface area contributed by atoms with Crippen molar-refractivity contribution in [3.63, 3.8) is 0 Å². The third kappa shape index (κ3) is 4.13. The molecule has 0 radical (unpaired) electrons. The Labute approximate surface area is 265 Å². The molecule has 0 unspecified atom stereocenters. The summed E-state index contributed by atoms with van der Waals surface area (Å²) in [6.07, 6.45) is 7.91. The Balaban J connectivity index is 1.14. The van der Waals surface area contributed by atoms with Gasteiger partial charge < -0.3 is 5.32 Å². The van der Waals surface area contributed by atoms with Gasteiger partial charge in [0, 0.05) is 40.7 Å². The van der Waals surface area contributed by atoms with E-state index in [-0.39, 0.29) is 0 Å². The minimum Gasteiger partial charge on any atom is -0.387 e. The molecule has 220 valence electrons. The Morgan fingerprint density at radius 3 is 1.89 bits per heavy atom. The van der Waals surface area contributed by atoms with Crippen molar-refractivity contribution in [1.29, 1.82) is 0 Å². The zero-order valence-electron chi connectivity index (χ0n) is 25.4. The summed E-state index contributed by atoms with van der Waals surface area (Å²) in [7, 11) is 0. The fourth-order valence-corrected chi connectivity index (χ4v) is 6.72. The van der Waals surface area contributed by atoms with Crippen molar-refractivity contribution in [2.75, 3.05) is 0 Å². The molecule has 9 rings (SSSR count). The summed E-state index contributed by atoms with van der Waals surface area (Å²) in [5.41, 5.74) is 11.4. The lowest BCUT2D eigenvalue weighted by Crippen LogP contribution is -2.11. The van der Waals surface area contributed by atoms with Gasteiger partial charge in [0.2, 0.25) is 0 Å². The van der Waals surface area contributed by atoms with Crippen molar-refractivity contribution in [3.8, 4) is 34.4 Å². The predicted molar refractivity (Wildman–Crippen MR) is 185 cm³/mol. The number of hydrogen-bond acceptors (Lipinski definition) is 5. The summed E-state index contributed by atoms with van der Waals surface area (Å²) in [6, 6.07) is 33.5. The van der Waals surface area contributed by atoms with E-state index >= 15 is 0 Å². The van der Waals surface area contributed by atoms with Crippen molar-refractivity contribution in [3.05, 3.63) is 138 Å². The van der Waals surface area contributed by atoms with Gasteiger partial charge in [-0.15, -0.1) is 0 Å². The first kappa shape index (κ1) is 26.3. The highest BCUT2D eigenvalue weighted by Crippen LogP contribution is 2.34. The topological polar surface area (TPSA) is 73.5 Å². The van der Waals surface area contributed by atoms with Gasteiger partial charge in [-0.25, -0.2) is 15.0 Å². The normalized spacial score (nSPS) is 12.6. The van der Waals surface area contributed by atoms with Crippen LogP contribution in [0.3, 0.4) is 0 Å². The molecule has 6 aromatic heterocycles. The molecule has 1 N–H and O–H groups in total. The highest BCUT2D eigenvalue weighted by molar-refractivity contribution is 6.09. The zero-order valence-corrected chi connectivity index (χ0v) is 25.4. The molecule has 7 heterocycles. The van der Waals surface area contributed by atoms with Gasteiger partial charge >= 0.3 is 0 Å². The molecule has 7 heteroatoms. The van der Waals surface area contributed by atoms with Crippen LogP contribution in [-0.2, 0) is 6.54 Å². The number of fused-ring (bicyclic) bond motifs is 6. The third-order valence-corrected chi connectivity index (χ3v) is 8.83. The molecule has 1 aliphatic heterocycles. The number of benzene rings is 2. The second kappa shape index (κ2) is 10.2.